The molecule has 0 radical (unpaired) electrons. The zero-order valence-corrected chi connectivity index (χ0v) is 9.08. The van der Waals surface area contributed by atoms with Crippen molar-refractivity contribution in [3.05, 3.63) is 23.7 Å². The predicted octanol–water partition coefficient (Wildman–Crippen LogP) is 2.00. The Hall–Kier alpha value is -0.800. The van der Waals surface area contributed by atoms with E-state index in [2.05, 4.69) is 0 Å². The van der Waals surface area contributed by atoms with Crippen LogP contribution in [0.25, 0.3) is 0 Å². The van der Waals surface area contributed by atoms with Crippen molar-refractivity contribution in [2.45, 2.75) is 33.3 Å². The maximum absolute atomic E-state index is 10.1. The minimum atomic E-state index is -0.618. The zero-order chi connectivity index (χ0) is 10.8. The van der Waals surface area contributed by atoms with Crippen molar-refractivity contribution in [1.29, 1.82) is 0 Å². The zero-order valence-electron chi connectivity index (χ0n) is 9.08. The van der Waals surface area contributed by atoms with E-state index in [1.54, 1.807) is 6.26 Å². The first kappa shape index (κ1) is 11.3. The smallest absolute Gasteiger partial charge is 0.135 e. The molecule has 14 heavy (non-hydrogen) atoms. The highest BCUT2D eigenvalue weighted by molar-refractivity contribution is 5.18. The normalized spacial score (nSPS) is 17.8. The van der Waals surface area contributed by atoms with Gasteiger partial charge in [0.2, 0.25) is 0 Å². The van der Waals surface area contributed by atoms with E-state index in [9.17, 15) is 5.11 Å². The van der Waals surface area contributed by atoms with Gasteiger partial charge in [-0.1, -0.05) is 13.8 Å². The molecule has 0 amide bonds. The van der Waals surface area contributed by atoms with Crippen molar-refractivity contribution in [2.75, 3.05) is 6.54 Å². The van der Waals surface area contributed by atoms with E-state index in [-0.39, 0.29) is 5.41 Å². The highest BCUT2D eigenvalue weighted by Gasteiger charge is 2.33. The summed E-state index contributed by atoms with van der Waals surface area (Å²) in [4.78, 5) is 0. The van der Waals surface area contributed by atoms with Gasteiger partial charge in [-0.2, -0.15) is 0 Å². The summed E-state index contributed by atoms with van der Waals surface area (Å²) in [7, 11) is 0. The van der Waals surface area contributed by atoms with Crippen LogP contribution in [0.2, 0.25) is 0 Å². The van der Waals surface area contributed by atoms with E-state index in [0.29, 0.717) is 12.3 Å². The maximum Gasteiger partial charge on any atom is 0.135 e. The number of aliphatic hydroxyl groups is 1. The van der Waals surface area contributed by atoms with Gasteiger partial charge < -0.3 is 15.3 Å². The summed E-state index contributed by atoms with van der Waals surface area (Å²) in [5.41, 5.74) is 6.35. The fourth-order valence-corrected chi connectivity index (χ4v) is 1.43. The first-order valence-corrected chi connectivity index (χ1v) is 4.97. The number of hydrogen-bond acceptors (Lipinski definition) is 3. The maximum atomic E-state index is 10.1. The molecule has 1 rings (SSSR count). The number of rotatable bonds is 4. The van der Waals surface area contributed by atoms with Gasteiger partial charge in [-0.05, 0) is 25.0 Å². The molecular weight excluding hydrogens is 178 g/mol. The molecule has 3 heteroatoms. The fourth-order valence-electron chi connectivity index (χ4n) is 1.43. The molecule has 0 aromatic carbocycles. The number of aliphatic hydroxyl groups excluding tert-OH is 1. The topological polar surface area (TPSA) is 59.4 Å². The highest BCUT2D eigenvalue weighted by Crippen LogP contribution is 2.37. The second kappa shape index (κ2) is 4.15. The molecule has 0 bridgehead atoms. The number of aryl methyl sites for hydroxylation is 1. The van der Waals surface area contributed by atoms with Crippen LogP contribution < -0.4 is 5.73 Å². The lowest BCUT2D eigenvalue weighted by molar-refractivity contribution is 0.0214. The molecule has 3 N–H and O–H groups in total. The van der Waals surface area contributed by atoms with Gasteiger partial charge >= 0.3 is 0 Å². The third kappa shape index (κ3) is 1.83. The molecule has 2 atom stereocenters. The van der Waals surface area contributed by atoms with Crippen molar-refractivity contribution < 1.29 is 9.52 Å². The minimum Gasteiger partial charge on any atom is -0.466 e. The molecule has 0 aliphatic rings. The fraction of sp³-hybridized carbons (Fsp3) is 0.636. The Morgan fingerprint density at radius 2 is 2.29 bits per heavy atom. The predicted molar refractivity (Wildman–Crippen MR) is 55.9 cm³/mol. The van der Waals surface area contributed by atoms with E-state index >= 15 is 0 Å². The Bertz CT molecular complexity index is 289. The summed E-state index contributed by atoms with van der Waals surface area (Å²) in [5, 5.41) is 10.1. The number of nitrogens with two attached hydrogens (primary N) is 1. The van der Waals surface area contributed by atoms with Crippen LogP contribution in [0.4, 0.5) is 0 Å². The van der Waals surface area contributed by atoms with Crippen molar-refractivity contribution in [1.82, 2.24) is 0 Å². The molecule has 0 aliphatic carbocycles. The SMILES string of the molecule is CCC(C)(CN)C(O)c1occc1C. The lowest BCUT2D eigenvalue weighted by Gasteiger charge is -2.31. The van der Waals surface area contributed by atoms with Gasteiger partial charge in [0.05, 0.1) is 6.26 Å². The summed E-state index contributed by atoms with van der Waals surface area (Å²) >= 11 is 0. The van der Waals surface area contributed by atoms with Crippen LogP contribution in [-0.2, 0) is 0 Å². The summed E-state index contributed by atoms with van der Waals surface area (Å²) in [6.45, 7) is 6.37. The van der Waals surface area contributed by atoms with Crippen LogP contribution >= 0.6 is 0 Å². The van der Waals surface area contributed by atoms with Gasteiger partial charge in [-0.25, -0.2) is 0 Å². The number of hydrogen-bond donors (Lipinski definition) is 2. The van der Waals surface area contributed by atoms with Gasteiger partial charge in [0, 0.05) is 12.0 Å². The number of furan rings is 1. The third-order valence-corrected chi connectivity index (χ3v) is 3.08. The van der Waals surface area contributed by atoms with Gasteiger partial charge in [-0.15, -0.1) is 0 Å². The van der Waals surface area contributed by atoms with E-state index in [0.717, 1.165) is 12.0 Å². The van der Waals surface area contributed by atoms with E-state index < -0.39 is 6.10 Å². The molecule has 80 valence electrons. The van der Waals surface area contributed by atoms with Gasteiger partial charge in [-0.3, -0.25) is 0 Å². The Balaban J connectivity index is 2.94. The van der Waals surface area contributed by atoms with Crippen LogP contribution in [0.3, 0.4) is 0 Å². The molecule has 2 unspecified atom stereocenters. The molecule has 0 aliphatic heterocycles. The summed E-state index contributed by atoms with van der Waals surface area (Å²) in [5.74, 6) is 0.639. The molecule has 3 nitrogen and oxygen atoms in total. The Kier molecular flexibility index (Phi) is 3.34. The summed E-state index contributed by atoms with van der Waals surface area (Å²) in [6.07, 6.45) is 1.80. The van der Waals surface area contributed by atoms with Gasteiger partial charge in [0.25, 0.3) is 0 Å². The molecule has 0 fully saturated rings. The molecule has 0 spiro atoms. The van der Waals surface area contributed by atoms with E-state index in [4.69, 9.17) is 10.2 Å². The molecule has 1 heterocycles. The monoisotopic (exact) mass is 197 g/mol. The minimum absolute atomic E-state index is 0.303. The lowest BCUT2D eigenvalue weighted by atomic mass is 9.80. The van der Waals surface area contributed by atoms with E-state index in [1.165, 1.54) is 0 Å². The standard InChI is InChI=1S/C11H19NO2/c1-4-11(3,7-12)10(13)9-8(2)5-6-14-9/h5-6,10,13H,4,7,12H2,1-3H3. The molecule has 0 saturated carbocycles. The molecular formula is C11H19NO2. The Morgan fingerprint density at radius 3 is 2.64 bits per heavy atom. The Labute approximate surface area is 84.9 Å². The summed E-state index contributed by atoms with van der Waals surface area (Å²) in [6, 6.07) is 1.85. The average molecular weight is 197 g/mol. The van der Waals surface area contributed by atoms with Crippen molar-refractivity contribution >= 4 is 0 Å². The average Bonchev–Trinajstić information content (AvgIpc) is 2.62. The van der Waals surface area contributed by atoms with Crippen molar-refractivity contribution in [3.8, 4) is 0 Å². The van der Waals surface area contributed by atoms with Crippen LogP contribution in [0.15, 0.2) is 16.7 Å². The van der Waals surface area contributed by atoms with Crippen LogP contribution in [0.1, 0.15) is 37.7 Å². The first-order chi connectivity index (χ1) is 6.55. The second-order valence-electron chi connectivity index (χ2n) is 4.08. The molecule has 0 saturated heterocycles. The summed E-state index contributed by atoms with van der Waals surface area (Å²) < 4.78 is 5.27. The van der Waals surface area contributed by atoms with Gasteiger partial charge in [0.15, 0.2) is 0 Å². The van der Waals surface area contributed by atoms with Crippen LogP contribution in [-0.4, -0.2) is 11.7 Å². The largest absolute Gasteiger partial charge is 0.466 e. The van der Waals surface area contributed by atoms with Gasteiger partial charge in [0.1, 0.15) is 11.9 Å². The molecule has 1 aromatic heterocycles. The van der Waals surface area contributed by atoms with Crippen molar-refractivity contribution in [2.24, 2.45) is 11.1 Å². The van der Waals surface area contributed by atoms with Crippen molar-refractivity contribution in [3.63, 3.8) is 0 Å². The lowest BCUT2D eigenvalue weighted by Crippen LogP contribution is -2.33. The molecule has 1 aromatic rings. The van der Waals surface area contributed by atoms with E-state index in [1.807, 2.05) is 26.8 Å². The first-order valence-electron chi connectivity index (χ1n) is 4.97. The van der Waals surface area contributed by atoms with Crippen LogP contribution in [0.5, 0.6) is 0 Å². The third-order valence-electron chi connectivity index (χ3n) is 3.08. The second-order valence-corrected chi connectivity index (χ2v) is 4.08. The Morgan fingerprint density at radius 1 is 1.64 bits per heavy atom. The quantitative estimate of drug-likeness (QED) is 0.776. The van der Waals surface area contributed by atoms with Crippen LogP contribution in [0, 0.1) is 12.3 Å². The highest BCUT2D eigenvalue weighted by atomic mass is 16.4.